The second kappa shape index (κ2) is 9.12. The van der Waals surface area contributed by atoms with Crippen molar-refractivity contribution in [2.45, 2.75) is 26.9 Å². The molecule has 6 heteroatoms. The SMILES string of the molecule is CC(C)=Cc1nc(-c2ccc(CO)cc2)cnc1NC(=O)Cc1ccc(O)cc1. The van der Waals surface area contributed by atoms with Gasteiger partial charge in [0.05, 0.1) is 24.9 Å². The number of rotatable bonds is 6. The van der Waals surface area contributed by atoms with Crippen molar-refractivity contribution < 1.29 is 15.0 Å². The van der Waals surface area contributed by atoms with Gasteiger partial charge in [0.15, 0.2) is 5.82 Å². The average molecular weight is 389 g/mol. The van der Waals surface area contributed by atoms with Gasteiger partial charge < -0.3 is 15.5 Å². The number of carbonyl (C=O) groups is 1. The molecule has 0 aliphatic heterocycles. The number of hydrogen-bond donors (Lipinski definition) is 3. The molecule has 3 aromatic rings. The molecule has 0 spiro atoms. The number of benzene rings is 2. The van der Waals surface area contributed by atoms with Crippen molar-refractivity contribution >= 4 is 17.8 Å². The first kappa shape index (κ1) is 20.2. The number of nitrogens with one attached hydrogen (secondary N) is 1. The van der Waals surface area contributed by atoms with E-state index in [-0.39, 0.29) is 24.7 Å². The van der Waals surface area contributed by atoms with Crippen molar-refractivity contribution in [3.05, 3.63) is 77.1 Å². The Hall–Kier alpha value is -3.51. The molecule has 0 saturated carbocycles. The van der Waals surface area contributed by atoms with Crippen LogP contribution in [0.4, 0.5) is 5.82 Å². The van der Waals surface area contributed by atoms with Gasteiger partial charge in [-0.2, -0.15) is 0 Å². The van der Waals surface area contributed by atoms with Crippen molar-refractivity contribution in [1.82, 2.24) is 9.97 Å². The van der Waals surface area contributed by atoms with E-state index in [9.17, 15) is 15.0 Å². The zero-order valence-corrected chi connectivity index (χ0v) is 16.4. The Labute approximate surface area is 169 Å². The lowest BCUT2D eigenvalue weighted by Crippen LogP contribution is -2.16. The minimum absolute atomic E-state index is 0.0129. The Balaban J connectivity index is 1.84. The molecule has 6 nitrogen and oxygen atoms in total. The van der Waals surface area contributed by atoms with Gasteiger partial charge in [0, 0.05) is 5.56 Å². The molecule has 0 unspecified atom stereocenters. The first-order valence-corrected chi connectivity index (χ1v) is 9.24. The van der Waals surface area contributed by atoms with E-state index < -0.39 is 0 Å². The fourth-order valence-corrected chi connectivity index (χ4v) is 2.77. The van der Waals surface area contributed by atoms with Gasteiger partial charge in [-0.15, -0.1) is 0 Å². The van der Waals surface area contributed by atoms with Gasteiger partial charge in [0.2, 0.25) is 5.91 Å². The van der Waals surface area contributed by atoms with Gasteiger partial charge in [0.25, 0.3) is 0 Å². The monoisotopic (exact) mass is 389 g/mol. The van der Waals surface area contributed by atoms with Gasteiger partial charge in [-0.05, 0) is 43.2 Å². The minimum atomic E-state index is -0.214. The van der Waals surface area contributed by atoms with Crippen LogP contribution in [0.2, 0.25) is 0 Å². The molecule has 0 aliphatic rings. The van der Waals surface area contributed by atoms with Gasteiger partial charge in [0.1, 0.15) is 11.4 Å². The average Bonchev–Trinajstić information content (AvgIpc) is 2.71. The van der Waals surface area contributed by atoms with Crippen LogP contribution in [-0.4, -0.2) is 26.1 Å². The maximum Gasteiger partial charge on any atom is 0.230 e. The van der Waals surface area contributed by atoms with Crippen molar-refractivity contribution in [2.75, 3.05) is 5.32 Å². The number of aromatic hydroxyl groups is 1. The zero-order chi connectivity index (χ0) is 20.8. The summed E-state index contributed by atoms with van der Waals surface area (Å²) in [5.74, 6) is 0.340. The standard InChI is InChI=1S/C23H23N3O3/c1-15(2)11-20-23(26-22(29)12-16-5-9-19(28)10-6-16)24-13-21(25-20)18-7-3-17(14-27)4-8-18/h3-11,13,27-28H,12,14H2,1-2H3,(H,24,26,29). The van der Waals surface area contributed by atoms with E-state index in [1.165, 1.54) is 0 Å². The molecule has 3 rings (SSSR count). The van der Waals surface area contributed by atoms with Crippen molar-refractivity contribution in [2.24, 2.45) is 0 Å². The molecule has 0 bridgehead atoms. The molecular weight excluding hydrogens is 366 g/mol. The molecule has 1 aromatic heterocycles. The van der Waals surface area contributed by atoms with Crippen LogP contribution < -0.4 is 5.32 Å². The van der Waals surface area contributed by atoms with E-state index in [0.717, 1.165) is 22.3 Å². The van der Waals surface area contributed by atoms with Crippen LogP contribution in [0.25, 0.3) is 17.3 Å². The molecule has 1 amide bonds. The number of aliphatic hydroxyl groups is 1. The number of aromatic nitrogens is 2. The van der Waals surface area contributed by atoms with E-state index in [2.05, 4.69) is 15.3 Å². The smallest absolute Gasteiger partial charge is 0.230 e. The highest BCUT2D eigenvalue weighted by Gasteiger charge is 2.12. The topological polar surface area (TPSA) is 95.3 Å². The normalized spacial score (nSPS) is 10.4. The summed E-state index contributed by atoms with van der Waals surface area (Å²) in [6.45, 7) is 3.89. The van der Waals surface area contributed by atoms with Crippen LogP contribution in [-0.2, 0) is 17.8 Å². The predicted molar refractivity (Wildman–Crippen MR) is 113 cm³/mol. The van der Waals surface area contributed by atoms with E-state index in [0.29, 0.717) is 17.2 Å². The molecule has 2 aromatic carbocycles. The van der Waals surface area contributed by atoms with Crippen LogP contribution in [0.1, 0.15) is 30.7 Å². The fraction of sp³-hybridized carbons (Fsp3) is 0.174. The first-order valence-electron chi connectivity index (χ1n) is 9.24. The second-order valence-corrected chi connectivity index (χ2v) is 6.96. The van der Waals surface area contributed by atoms with Crippen LogP contribution in [0.3, 0.4) is 0 Å². The third-order valence-corrected chi connectivity index (χ3v) is 4.22. The number of hydrogen-bond acceptors (Lipinski definition) is 5. The quantitative estimate of drug-likeness (QED) is 0.593. The molecule has 0 aliphatic carbocycles. The lowest BCUT2D eigenvalue weighted by molar-refractivity contribution is -0.115. The van der Waals surface area contributed by atoms with Gasteiger partial charge in [-0.25, -0.2) is 9.97 Å². The number of amides is 1. The lowest BCUT2D eigenvalue weighted by atomic mass is 10.1. The summed E-state index contributed by atoms with van der Waals surface area (Å²) < 4.78 is 0. The number of allylic oxidation sites excluding steroid dienone is 1. The number of anilines is 1. The summed E-state index contributed by atoms with van der Waals surface area (Å²) in [6, 6.07) is 13.9. The summed E-state index contributed by atoms with van der Waals surface area (Å²) in [7, 11) is 0. The van der Waals surface area contributed by atoms with Crippen molar-refractivity contribution in [3.8, 4) is 17.0 Å². The summed E-state index contributed by atoms with van der Waals surface area (Å²) >= 11 is 0. The molecule has 0 fully saturated rings. The Bertz CT molecular complexity index is 1020. The molecule has 0 atom stereocenters. The molecule has 3 N–H and O–H groups in total. The highest BCUT2D eigenvalue weighted by molar-refractivity contribution is 5.93. The number of nitrogens with zero attached hydrogens (tertiary/aromatic N) is 2. The summed E-state index contributed by atoms with van der Waals surface area (Å²) in [5.41, 5.74) is 4.77. The van der Waals surface area contributed by atoms with Crippen molar-refractivity contribution in [3.63, 3.8) is 0 Å². The second-order valence-electron chi connectivity index (χ2n) is 6.96. The summed E-state index contributed by atoms with van der Waals surface area (Å²) in [5, 5.41) is 21.4. The lowest BCUT2D eigenvalue weighted by Gasteiger charge is -2.10. The van der Waals surface area contributed by atoms with Crippen LogP contribution in [0.5, 0.6) is 5.75 Å². The van der Waals surface area contributed by atoms with Crippen LogP contribution in [0, 0.1) is 0 Å². The zero-order valence-electron chi connectivity index (χ0n) is 16.4. The van der Waals surface area contributed by atoms with Crippen molar-refractivity contribution in [1.29, 1.82) is 0 Å². The molecule has 148 valence electrons. The highest BCUT2D eigenvalue weighted by atomic mass is 16.3. The third kappa shape index (κ3) is 5.49. The molecule has 29 heavy (non-hydrogen) atoms. The molecule has 0 radical (unpaired) electrons. The predicted octanol–water partition coefficient (Wildman–Crippen LogP) is 3.95. The number of phenolic OH excluding ortho intramolecular Hbond substituents is 1. The first-order chi connectivity index (χ1) is 13.9. The van der Waals surface area contributed by atoms with Crippen LogP contribution in [0.15, 0.2) is 60.3 Å². The van der Waals surface area contributed by atoms with E-state index in [1.807, 2.05) is 44.2 Å². The third-order valence-electron chi connectivity index (χ3n) is 4.22. The van der Waals surface area contributed by atoms with Gasteiger partial charge in [-0.3, -0.25) is 4.79 Å². The van der Waals surface area contributed by atoms with E-state index in [4.69, 9.17) is 0 Å². The largest absolute Gasteiger partial charge is 0.508 e. The Morgan fingerprint density at radius 1 is 1.03 bits per heavy atom. The summed E-state index contributed by atoms with van der Waals surface area (Å²) in [4.78, 5) is 21.5. The van der Waals surface area contributed by atoms with Crippen LogP contribution >= 0.6 is 0 Å². The molecule has 0 saturated heterocycles. The Kier molecular flexibility index (Phi) is 6.36. The maximum absolute atomic E-state index is 12.4. The number of aliphatic hydroxyl groups excluding tert-OH is 1. The Morgan fingerprint density at radius 3 is 2.31 bits per heavy atom. The van der Waals surface area contributed by atoms with E-state index >= 15 is 0 Å². The molecular formula is C23H23N3O3. The number of carbonyl (C=O) groups excluding carboxylic acids is 1. The fourth-order valence-electron chi connectivity index (χ4n) is 2.77. The van der Waals surface area contributed by atoms with Gasteiger partial charge >= 0.3 is 0 Å². The number of phenols is 1. The minimum Gasteiger partial charge on any atom is -0.508 e. The van der Waals surface area contributed by atoms with Gasteiger partial charge in [-0.1, -0.05) is 42.0 Å². The molecule has 1 heterocycles. The Morgan fingerprint density at radius 2 is 1.69 bits per heavy atom. The van der Waals surface area contributed by atoms with E-state index in [1.54, 1.807) is 30.5 Å². The highest BCUT2D eigenvalue weighted by Crippen LogP contribution is 2.22. The maximum atomic E-state index is 12.4. The summed E-state index contributed by atoms with van der Waals surface area (Å²) in [6.07, 6.45) is 3.65.